The van der Waals surface area contributed by atoms with Crippen LogP contribution in [0.5, 0.6) is 0 Å². The van der Waals surface area contributed by atoms with Crippen LogP contribution in [-0.4, -0.2) is 41.7 Å². The van der Waals surface area contributed by atoms with Gasteiger partial charge in [0.15, 0.2) is 0 Å². The van der Waals surface area contributed by atoms with E-state index >= 15 is 0 Å². The zero-order valence-corrected chi connectivity index (χ0v) is 11.0. The molecule has 1 aromatic carbocycles. The van der Waals surface area contributed by atoms with Crippen LogP contribution in [0.25, 0.3) is 0 Å². The molecular formula is C15H20N2O2. The number of para-hydroxylation sites is 1. The third kappa shape index (κ3) is 2.32. The van der Waals surface area contributed by atoms with Gasteiger partial charge in [0.25, 0.3) is 0 Å². The number of benzene rings is 1. The molecule has 0 saturated carbocycles. The van der Waals surface area contributed by atoms with Gasteiger partial charge in [-0.3, -0.25) is 4.79 Å². The van der Waals surface area contributed by atoms with Gasteiger partial charge in [-0.25, -0.2) is 0 Å². The van der Waals surface area contributed by atoms with Crippen LogP contribution >= 0.6 is 0 Å². The van der Waals surface area contributed by atoms with Gasteiger partial charge in [-0.05, 0) is 24.5 Å². The minimum absolute atomic E-state index is 0.0390. The summed E-state index contributed by atoms with van der Waals surface area (Å²) in [5.74, 6) is 0.448. The van der Waals surface area contributed by atoms with Crippen LogP contribution in [0.3, 0.4) is 0 Å². The molecule has 0 bridgehead atoms. The first-order chi connectivity index (χ1) is 9.29. The van der Waals surface area contributed by atoms with E-state index < -0.39 is 0 Å². The fourth-order valence-electron chi connectivity index (χ4n) is 3.22. The third-order valence-corrected chi connectivity index (χ3v) is 4.27. The maximum absolute atomic E-state index is 12.4. The van der Waals surface area contributed by atoms with Crippen molar-refractivity contribution in [2.45, 2.75) is 31.2 Å². The summed E-state index contributed by atoms with van der Waals surface area (Å²) in [5.41, 5.74) is 2.40. The molecule has 2 N–H and O–H groups in total. The number of nitrogens with one attached hydrogen (secondary N) is 1. The quantitative estimate of drug-likeness (QED) is 0.867. The third-order valence-electron chi connectivity index (χ3n) is 4.27. The van der Waals surface area contributed by atoms with Crippen LogP contribution in [-0.2, 0) is 4.79 Å². The number of likely N-dealkylation sites (tertiary alicyclic amines) is 1. The molecule has 1 saturated heterocycles. The van der Waals surface area contributed by atoms with Crippen molar-refractivity contribution in [3.05, 3.63) is 29.8 Å². The SMILES string of the molecule is O=C(CC1CNc2ccccc21)N1CCCC1CO. The highest BCUT2D eigenvalue weighted by Gasteiger charge is 2.31. The van der Waals surface area contributed by atoms with Crippen molar-refractivity contribution in [2.75, 3.05) is 25.0 Å². The largest absolute Gasteiger partial charge is 0.394 e. The summed E-state index contributed by atoms with van der Waals surface area (Å²) in [6.07, 6.45) is 2.48. The van der Waals surface area contributed by atoms with E-state index in [0.717, 1.165) is 31.6 Å². The van der Waals surface area contributed by atoms with Crippen LogP contribution in [0.1, 0.15) is 30.7 Å². The Morgan fingerprint density at radius 3 is 3.11 bits per heavy atom. The molecule has 19 heavy (non-hydrogen) atoms. The molecule has 4 heteroatoms. The Kier molecular flexibility index (Phi) is 3.42. The lowest BCUT2D eigenvalue weighted by Crippen LogP contribution is -2.38. The van der Waals surface area contributed by atoms with E-state index in [1.807, 2.05) is 17.0 Å². The Morgan fingerprint density at radius 1 is 1.42 bits per heavy atom. The molecule has 1 fully saturated rings. The van der Waals surface area contributed by atoms with Crippen molar-refractivity contribution in [1.29, 1.82) is 0 Å². The lowest BCUT2D eigenvalue weighted by molar-refractivity contribution is -0.133. The summed E-state index contributed by atoms with van der Waals surface area (Å²) in [6, 6.07) is 8.23. The van der Waals surface area contributed by atoms with Gasteiger partial charge in [0.2, 0.25) is 5.91 Å². The summed E-state index contributed by atoms with van der Waals surface area (Å²) >= 11 is 0. The molecule has 0 aromatic heterocycles. The molecule has 2 aliphatic rings. The average molecular weight is 260 g/mol. The zero-order valence-electron chi connectivity index (χ0n) is 11.0. The van der Waals surface area contributed by atoms with E-state index in [4.69, 9.17) is 0 Å². The fraction of sp³-hybridized carbons (Fsp3) is 0.533. The number of carbonyl (C=O) groups is 1. The maximum Gasteiger partial charge on any atom is 0.223 e. The number of fused-ring (bicyclic) bond motifs is 1. The topological polar surface area (TPSA) is 52.6 Å². The molecule has 2 aliphatic heterocycles. The number of hydrogen-bond acceptors (Lipinski definition) is 3. The predicted molar refractivity (Wildman–Crippen MR) is 74.1 cm³/mol. The average Bonchev–Trinajstić information content (AvgIpc) is 3.05. The first kappa shape index (κ1) is 12.5. The van der Waals surface area contributed by atoms with E-state index in [-0.39, 0.29) is 24.5 Å². The number of hydrogen-bond donors (Lipinski definition) is 2. The first-order valence-corrected chi connectivity index (χ1v) is 7.02. The normalized spacial score (nSPS) is 25.2. The number of amides is 1. The van der Waals surface area contributed by atoms with Crippen molar-refractivity contribution in [3.8, 4) is 0 Å². The van der Waals surface area contributed by atoms with E-state index in [0.29, 0.717) is 6.42 Å². The second kappa shape index (κ2) is 5.21. The fourth-order valence-corrected chi connectivity index (χ4v) is 3.22. The molecule has 0 spiro atoms. The van der Waals surface area contributed by atoms with E-state index in [1.165, 1.54) is 5.56 Å². The van der Waals surface area contributed by atoms with Crippen molar-refractivity contribution in [1.82, 2.24) is 4.90 Å². The van der Waals surface area contributed by atoms with Gasteiger partial charge in [0, 0.05) is 31.1 Å². The Hall–Kier alpha value is -1.55. The van der Waals surface area contributed by atoms with Gasteiger partial charge < -0.3 is 15.3 Å². The molecule has 1 aromatic rings. The van der Waals surface area contributed by atoms with Gasteiger partial charge in [0.05, 0.1) is 12.6 Å². The van der Waals surface area contributed by atoms with E-state index in [9.17, 15) is 9.90 Å². The van der Waals surface area contributed by atoms with E-state index in [1.54, 1.807) is 0 Å². The molecule has 2 atom stereocenters. The minimum atomic E-state index is 0.0390. The molecule has 3 rings (SSSR count). The van der Waals surface area contributed by atoms with Crippen LogP contribution in [0.15, 0.2) is 24.3 Å². The second-order valence-corrected chi connectivity index (χ2v) is 5.43. The number of aliphatic hydroxyl groups excluding tert-OH is 1. The van der Waals surface area contributed by atoms with Gasteiger partial charge in [0.1, 0.15) is 0 Å². The highest BCUT2D eigenvalue weighted by Crippen LogP contribution is 2.34. The molecule has 2 heterocycles. The summed E-state index contributed by atoms with van der Waals surface area (Å²) in [4.78, 5) is 14.2. The molecule has 4 nitrogen and oxygen atoms in total. The number of rotatable bonds is 3. The molecule has 0 aliphatic carbocycles. The lowest BCUT2D eigenvalue weighted by Gasteiger charge is -2.24. The van der Waals surface area contributed by atoms with Crippen molar-refractivity contribution < 1.29 is 9.90 Å². The molecule has 2 unspecified atom stereocenters. The molecule has 1 amide bonds. The second-order valence-electron chi connectivity index (χ2n) is 5.43. The van der Waals surface area contributed by atoms with Gasteiger partial charge in [-0.2, -0.15) is 0 Å². The highest BCUT2D eigenvalue weighted by molar-refractivity contribution is 5.79. The molecule has 102 valence electrons. The van der Waals surface area contributed by atoms with Crippen molar-refractivity contribution >= 4 is 11.6 Å². The Morgan fingerprint density at radius 2 is 2.26 bits per heavy atom. The predicted octanol–water partition coefficient (Wildman–Crippen LogP) is 1.57. The van der Waals surface area contributed by atoms with Gasteiger partial charge >= 0.3 is 0 Å². The molecular weight excluding hydrogens is 240 g/mol. The minimum Gasteiger partial charge on any atom is -0.394 e. The van der Waals surface area contributed by atoms with Crippen LogP contribution < -0.4 is 5.32 Å². The van der Waals surface area contributed by atoms with Crippen LogP contribution in [0, 0.1) is 0 Å². The summed E-state index contributed by atoms with van der Waals surface area (Å²) in [5, 5.41) is 12.6. The van der Waals surface area contributed by atoms with Crippen molar-refractivity contribution in [2.24, 2.45) is 0 Å². The Balaban J connectivity index is 1.68. The lowest BCUT2D eigenvalue weighted by atomic mass is 9.97. The number of aliphatic hydroxyl groups is 1. The van der Waals surface area contributed by atoms with E-state index in [2.05, 4.69) is 17.4 Å². The molecule has 0 radical (unpaired) electrons. The Labute approximate surface area is 113 Å². The smallest absolute Gasteiger partial charge is 0.223 e. The summed E-state index contributed by atoms with van der Waals surface area (Å²) in [7, 11) is 0. The van der Waals surface area contributed by atoms with Crippen LogP contribution in [0.2, 0.25) is 0 Å². The Bertz CT molecular complexity index is 475. The summed E-state index contributed by atoms with van der Waals surface area (Å²) < 4.78 is 0. The zero-order chi connectivity index (χ0) is 13.2. The monoisotopic (exact) mass is 260 g/mol. The first-order valence-electron chi connectivity index (χ1n) is 7.02. The van der Waals surface area contributed by atoms with Crippen molar-refractivity contribution in [3.63, 3.8) is 0 Å². The highest BCUT2D eigenvalue weighted by atomic mass is 16.3. The maximum atomic E-state index is 12.4. The standard InChI is InChI=1S/C15H20N2O2/c18-10-12-4-3-7-17(12)15(19)8-11-9-16-14-6-2-1-5-13(11)14/h1-2,5-6,11-12,16,18H,3-4,7-10H2. The van der Waals surface area contributed by atoms with Gasteiger partial charge in [-0.15, -0.1) is 0 Å². The van der Waals surface area contributed by atoms with Crippen LogP contribution in [0.4, 0.5) is 5.69 Å². The number of carbonyl (C=O) groups excluding carboxylic acids is 1. The number of anilines is 1. The van der Waals surface area contributed by atoms with Gasteiger partial charge in [-0.1, -0.05) is 18.2 Å². The number of nitrogens with zero attached hydrogens (tertiary/aromatic N) is 1. The summed E-state index contributed by atoms with van der Waals surface area (Å²) in [6.45, 7) is 1.72.